The van der Waals surface area contributed by atoms with Crippen LogP contribution in [0.15, 0.2) is 30.3 Å². The molecule has 0 saturated carbocycles. The number of carbonyl (C=O) groups excluding carboxylic acids is 1. The van der Waals surface area contributed by atoms with Gasteiger partial charge in [-0.15, -0.1) is 0 Å². The van der Waals surface area contributed by atoms with Crippen LogP contribution in [0.1, 0.15) is 32.1 Å². The van der Waals surface area contributed by atoms with Crippen molar-refractivity contribution in [3.8, 4) is 5.75 Å². The number of benzene rings is 1. The predicted molar refractivity (Wildman–Crippen MR) is 79.6 cm³/mol. The third-order valence-electron chi connectivity index (χ3n) is 3.78. The number of likely N-dealkylation sites (tertiary alicyclic amines) is 1. The van der Waals surface area contributed by atoms with Gasteiger partial charge in [0, 0.05) is 12.6 Å². The van der Waals surface area contributed by atoms with Gasteiger partial charge in [-0.25, -0.2) is 0 Å². The summed E-state index contributed by atoms with van der Waals surface area (Å²) in [6.07, 6.45) is 4.74. The van der Waals surface area contributed by atoms with Gasteiger partial charge in [-0.1, -0.05) is 18.2 Å². The molecule has 4 heteroatoms. The van der Waals surface area contributed by atoms with E-state index in [1.165, 1.54) is 6.42 Å². The fraction of sp³-hybridized carbons (Fsp3) is 0.562. The molecule has 1 aromatic rings. The van der Waals surface area contributed by atoms with Crippen LogP contribution < -0.4 is 10.5 Å². The predicted octanol–water partition coefficient (Wildman–Crippen LogP) is 2.19. The van der Waals surface area contributed by atoms with Gasteiger partial charge in [-0.05, 0) is 44.4 Å². The van der Waals surface area contributed by atoms with Crippen molar-refractivity contribution >= 4 is 5.91 Å². The zero-order chi connectivity index (χ0) is 14.2. The topological polar surface area (TPSA) is 55.6 Å². The summed E-state index contributed by atoms with van der Waals surface area (Å²) in [6.45, 7) is 1.96. The number of hydrogen-bond acceptors (Lipinski definition) is 3. The lowest BCUT2D eigenvalue weighted by molar-refractivity contribution is -0.135. The average Bonchev–Trinajstić information content (AvgIpc) is 2.49. The summed E-state index contributed by atoms with van der Waals surface area (Å²) in [5, 5.41) is 0. The molecule has 1 aromatic carbocycles. The lowest BCUT2D eigenvalue weighted by atomic mass is 9.99. The Morgan fingerprint density at radius 1 is 1.30 bits per heavy atom. The molecule has 1 amide bonds. The highest BCUT2D eigenvalue weighted by Gasteiger charge is 2.25. The van der Waals surface area contributed by atoms with Gasteiger partial charge in [0.2, 0.25) is 5.91 Å². The van der Waals surface area contributed by atoms with Gasteiger partial charge >= 0.3 is 0 Å². The molecule has 1 aliphatic heterocycles. The maximum atomic E-state index is 12.3. The van der Waals surface area contributed by atoms with Crippen molar-refractivity contribution in [3.63, 3.8) is 0 Å². The summed E-state index contributed by atoms with van der Waals surface area (Å²) in [5.74, 6) is 1.01. The molecule has 110 valence electrons. The Kier molecular flexibility index (Phi) is 5.87. The van der Waals surface area contributed by atoms with Crippen LogP contribution in [0.3, 0.4) is 0 Å². The summed E-state index contributed by atoms with van der Waals surface area (Å²) in [7, 11) is 0. The first-order valence-corrected chi connectivity index (χ1v) is 7.48. The number of piperidine rings is 1. The average molecular weight is 276 g/mol. The summed E-state index contributed by atoms with van der Waals surface area (Å²) in [4.78, 5) is 14.3. The van der Waals surface area contributed by atoms with Gasteiger partial charge in [-0.2, -0.15) is 0 Å². The van der Waals surface area contributed by atoms with Crippen LogP contribution >= 0.6 is 0 Å². The second-order valence-electron chi connectivity index (χ2n) is 5.23. The maximum Gasteiger partial charge on any atom is 0.226 e. The number of rotatable bonds is 6. The van der Waals surface area contributed by atoms with Crippen LogP contribution in [-0.2, 0) is 4.79 Å². The SMILES string of the molecule is NCCC1CCCCN1C(=O)CCOc1ccccc1. The van der Waals surface area contributed by atoms with Crippen molar-refractivity contribution in [2.24, 2.45) is 5.73 Å². The monoisotopic (exact) mass is 276 g/mol. The highest BCUT2D eigenvalue weighted by Crippen LogP contribution is 2.20. The van der Waals surface area contributed by atoms with E-state index < -0.39 is 0 Å². The molecule has 1 heterocycles. The minimum atomic E-state index is 0.194. The molecule has 0 aliphatic carbocycles. The van der Waals surface area contributed by atoms with E-state index in [-0.39, 0.29) is 5.91 Å². The molecular weight excluding hydrogens is 252 g/mol. The van der Waals surface area contributed by atoms with E-state index in [1.807, 2.05) is 35.2 Å². The summed E-state index contributed by atoms with van der Waals surface area (Å²) in [6, 6.07) is 9.95. The van der Waals surface area contributed by atoms with Crippen molar-refractivity contribution in [1.29, 1.82) is 0 Å². The van der Waals surface area contributed by atoms with Gasteiger partial charge in [0.25, 0.3) is 0 Å². The molecule has 1 atom stereocenters. The van der Waals surface area contributed by atoms with Crippen LogP contribution in [0, 0.1) is 0 Å². The number of ether oxygens (including phenoxy) is 1. The smallest absolute Gasteiger partial charge is 0.226 e. The van der Waals surface area contributed by atoms with Gasteiger partial charge in [0.1, 0.15) is 5.75 Å². The minimum absolute atomic E-state index is 0.194. The number of para-hydroxylation sites is 1. The lowest BCUT2D eigenvalue weighted by Crippen LogP contribution is -2.45. The molecule has 2 N–H and O–H groups in total. The molecule has 1 saturated heterocycles. The molecule has 1 fully saturated rings. The van der Waals surface area contributed by atoms with Crippen molar-refractivity contribution in [3.05, 3.63) is 30.3 Å². The molecule has 0 aromatic heterocycles. The standard InChI is InChI=1S/C16H24N2O2/c17-11-9-14-6-4-5-12-18(14)16(19)10-13-20-15-7-2-1-3-8-15/h1-3,7-8,14H,4-6,9-13,17H2. The zero-order valence-electron chi connectivity index (χ0n) is 12.0. The highest BCUT2D eigenvalue weighted by atomic mass is 16.5. The molecule has 4 nitrogen and oxygen atoms in total. The number of nitrogens with two attached hydrogens (primary N) is 1. The fourth-order valence-electron chi connectivity index (χ4n) is 2.74. The van der Waals surface area contributed by atoms with Gasteiger partial charge in [0.05, 0.1) is 13.0 Å². The normalized spacial score (nSPS) is 18.9. The minimum Gasteiger partial charge on any atom is -0.493 e. The quantitative estimate of drug-likeness (QED) is 0.866. The number of carbonyl (C=O) groups is 1. The van der Waals surface area contributed by atoms with Crippen LogP contribution in [0.5, 0.6) is 5.75 Å². The maximum absolute atomic E-state index is 12.3. The van der Waals surface area contributed by atoms with Gasteiger partial charge < -0.3 is 15.4 Å². The van der Waals surface area contributed by atoms with E-state index >= 15 is 0 Å². The van der Waals surface area contributed by atoms with E-state index in [4.69, 9.17) is 10.5 Å². The largest absolute Gasteiger partial charge is 0.493 e. The Hall–Kier alpha value is -1.55. The Bertz CT molecular complexity index is 406. The Labute approximate surface area is 120 Å². The first-order valence-electron chi connectivity index (χ1n) is 7.48. The summed E-state index contributed by atoms with van der Waals surface area (Å²) in [5.41, 5.74) is 5.64. The molecule has 1 unspecified atom stereocenters. The molecule has 0 spiro atoms. The van der Waals surface area contributed by atoms with Gasteiger partial charge in [-0.3, -0.25) is 4.79 Å². The molecule has 2 rings (SSSR count). The van der Waals surface area contributed by atoms with E-state index in [0.717, 1.165) is 31.6 Å². The Balaban J connectivity index is 1.78. The van der Waals surface area contributed by atoms with Gasteiger partial charge in [0.15, 0.2) is 0 Å². The molecular formula is C16H24N2O2. The van der Waals surface area contributed by atoms with E-state index in [9.17, 15) is 4.79 Å². The number of amides is 1. The van der Waals surface area contributed by atoms with Crippen molar-refractivity contribution in [2.45, 2.75) is 38.1 Å². The van der Waals surface area contributed by atoms with Crippen LogP contribution in [0.2, 0.25) is 0 Å². The third kappa shape index (κ3) is 4.23. The molecule has 0 radical (unpaired) electrons. The molecule has 1 aliphatic rings. The van der Waals surface area contributed by atoms with Crippen molar-refractivity contribution in [1.82, 2.24) is 4.90 Å². The second-order valence-corrected chi connectivity index (χ2v) is 5.23. The van der Waals surface area contributed by atoms with Crippen molar-refractivity contribution in [2.75, 3.05) is 19.7 Å². The molecule has 0 bridgehead atoms. The van der Waals surface area contributed by atoms with E-state index in [0.29, 0.717) is 25.6 Å². The fourth-order valence-corrected chi connectivity index (χ4v) is 2.74. The van der Waals surface area contributed by atoms with Crippen LogP contribution in [0.25, 0.3) is 0 Å². The highest BCUT2D eigenvalue weighted by molar-refractivity contribution is 5.76. The summed E-state index contributed by atoms with van der Waals surface area (Å²) < 4.78 is 5.59. The van der Waals surface area contributed by atoms with Crippen LogP contribution in [-0.4, -0.2) is 36.5 Å². The summed E-state index contributed by atoms with van der Waals surface area (Å²) >= 11 is 0. The van der Waals surface area contributed by atoms with Crippen molar-refractivity contribution < 1.29 is 9.53 Å². The second kappa shape index (κ2) is 7.90. The van der Waals surface area contributed by atoms with Crippen LogP contribution in [0.4, 0.5) is 0 Å². The lowest BCUT2D eigenvalue weighted by Gasteiger charge is -2.35. The Morgan fingerprint density at radius 2 is 2.10 bits per heavy atom. The van der Waals surface area contributed by atoms with E-state index in [2.05, 4.69) is 0 Å². The molecule has 20 heavy (non-hydrogen) atoms. The first-order chi connectivity index (χ1) is 9.81. The first kappa shape index (κ1) is 14.9. The van der Waals surface area contributed by atoms with E-state index in [1.54, 1.807) is 0 Å². The zero-order valence-corrected chi connectivity index (χ0v) is 12.0. The third-order valence-corrected chi connectivity index (χ3v) is 3.78. The Morgan fingerprint density at radius 3 is 2.85 bits per heavy atom. The number of nitrogens with zero attached hydrogens (tertiary/aromatic N) is 1. The number of hydrogen-bond donors (Lipinski definition) is 1.